The number of thiocarbonyl (C=S) groups is 1. The second kappa shape index (κ2) is 7.21. The molecule has 152 valence electrons. The molecule has 2 aromatic rings. The van der Waals surface area contributed by atoms with E-state index < -0.39 is 41.2 Å². The number of hydrogen-bond acceptors (Lipinski definition) is 6. The molecule has 0 bridgehead atoms. The SMILES string of the molecule is O=C1C(=O)N(c2ccccc2CO)C2(NC(=S)NC2=O)/C1=C(\O)c1ccc(Cl)cc1. The summed E-state index contributed by atoms with van der Waals surface area (Å²) < 4.78 is 0. The predicted octanol–water partition coefficient (Wildman–Crippen LogP) is 1.42. The third-order valence-corrected chi connectivity index (χ3v) is 5.39. The van der Waals surface area contributed by atoms with Crippen LogP contribution < -0.4 is 15.5 Å². The highest BCUT2D eigenvalue weighted by Crippen LogP contribution is 2.42. The maximum Gasteiger partial charge on any atom is 0.301 e. The van der Waals surface area contributed by atoms with Crippen LogP contribution in [0, 0.1) is 0 Å². The number of aliphatic hydroxyl groups is 2. The summed E-state index contributed by atoms with van der Waals surface area (Å²) in [6.45, 7) is -0.446. The van der Waals surface area contributed by atoms with Crippen molar-refractivity contribution in [2.24, 2.45) is 0 Å². The lowest BCUT2D eigenvalue weighted by Gasteiger charge is -2.33. The molecule has 2 aliphatic heterocycles. The molecular formula is C20H14ClN3O5S. The van der Waals surface area contributed by atoms with E-state index in [1.54, 1.807) is 18.2 Å². The molecule has 2 fully saturated rings. The molecule has 30 heavy (non-hydrogen) atoms. The van der Waals surface area contributed by atoms with E-state index in [0.29, 0.717) is 10.6 Å². The van der Waals surface area contributed by atoms with Gasteiger partial charge in [-0.05, 0) is 42.5 Å². The Bertz CT molecular complexity index is 1150. The summed E-state index contributed by atoms with van der Waals surface area (Å²) in [5.74, 6) is -3.52. The van der Waals surface area contributed by atoms with E-state index in [-0.39, 0.29) is 16.4 Å². The number of para-hydroxylation sites is 1. The monoisotopic (exact) mass is 443 g/mol. The molecule has 4 N–H and O–H groups in total. The van der Waals surface area contributed by atoms with Crippen molar-refractivity contribution in [3.63, 3.8) is 0 Å². The maximum absolute atomic E-state index is 13.1. The molecule has 4 rings (SSSR count). The molecule has 2 aromatic carbocycles. The number of hydrogen-bond donors (Lipinski definition) is 4. The number of anilines is 1. The quantitative estimate of drug-likeness (QED) is 0.245. The van der Waals surface area contributed by atoms with Crippen LogP contribution in [0.1, 0.15) is 11.1 Å². The Morgan fingerprint density at radius 3 is 2.37 bits per heavy atom. The van der Waals surface area contributed by atoms with Gasteiger partial charge in [-0.25, -0.2) is 0 Å². The molecule has 10 heteroatoms. The van der Waals surface area contributed by atoms with Gasteiger partial charge in [0.25, 0.3) is 11.7 Å². The van der Waals surface area contributed by atoms with Crippen molar-refractivity contribution < 1.29 is 24.6 Å². The Morgan fingerprint density at radius 1 is 1.10 bits per heavy atom. The largest absolute Gasteiger partial charge is 0.507 e. The first-order chi connectivity index (χ1) is 14.3. The van der Waals surface area contributed by atoms with Gasteiger partial charge in [0.1, 0.15) is 11.3 Å². The van der Waals surface area contributed by atoms with Gasteiger partial charge in [0, 0.05) is 16.1 Å². The van der Waals surface area contributed by atoms with Crippen molar-refractivity contribution >= 4 is 58.0 Å². The van der Waals surface area contributed by atoms with Crippen LogP contribution >= 0.6 is 23.8 Å². The van der Waals surface area contributed by atoms with Crippen LogP contribution in [0.25, 0.3) is 5.76 Å². The number of aliphatic hydroxyl groups excluding tert-OH is 2. The van der Waals surface area contributed by atoms with Gasteiger partial charge < -0.3 is 15.5 Å². The zero-order valence-electron chi connectivity index (χ0n) is 15.2. The zero-order valence-corrected chi connectivity index (χ0v) is 16.8. The first kappa shape index (κ1) is 20.0. The third-order valence-electron chi connectivity index (χ3n) is 4.93. The molecule has 2 heterocycles. The number of nitrogens with zero attached hydrogens (tertiary/aromatic N) is 1. The molecular weight excluding hydrogens is 430 g/mol. The zero-order chi connectivity index (χ0) is 21.6. The number of nitrogens with one attached hydrogen (secondary N) is 2. The number of carbonyl (C=O) groups excluding carboxylic acids is 3. The summed E-state index contributed by atoms with van der Waals surface area (Å²) in [6, 6.07) is 12.1. The van der Waals surface area contributed by atoms with Crippen molar-refractivity contribution in [3.8, 4) is 0 Å². The van der Waals surface area contributed by atoms with E-state index in [1.165, 1.54) is 30.3 Å². The molecule has 8 nitrogen and oxygen atoms in total. The Hall–Kier alpha value is -3.27. The summed E-state index contributed by atoms with van der Waals surface area (Å²) >= 11 is 10.9. The number of halogens is 1. The van der Waals surface area contributed by atoms with Gasteiger partial charge in [-0.2, -0.15) is 0 Å². The lowest BCUT2D eigenvalue weighted by Crippen LogP contribution is -2.60. The molecule has 0 saturated carbocycles. The van der Waals surface area contributed by atoms with Gasteiger partial charge >= 0.3 is 5.91 Å². The summed E-state index contributed by atoms with van der Waals surface area (Å²) in [5, 5.41) is 26.0. The number of Topliss-reactive ketones (excluding diaryl/α,β-unsaturated/α-hetero) is 1. The minimum atomic E-state index is -2.11. The highest BCUT2D eigenvalue weighted by atomic mass is 35.5. The van der Waals surface area contributed by atoms with Crippen LogP contribution in [0.2, 0.25) is 5.02 Å². The second-order valence-corrected chi connectivity index (χ2v) is 7.45. The van der Waals surface area contributed by atoms with Crippen molar-refractivity contribution in [3.05, 3.63) is 70.3 Å². The third kappa shape index (κ3) is 2.78. The molecule has 2 amide bonds. The smallest absolute Gasteiger partial charge is 0.301 e. The Morgan fingerprint density at radius 2 is 1.77 bits per heavy atom. The fourth-order valence-electron chi connectivity index (χ4n) is 3.60. The normalized spacial score (nSPS) is 22.5. The Balaban J connectivity index is 2.02. The lowest BCUT2D eigenvalue weighted by atomic mass is 9.94. The van der Waals surface area contributed by atoms with Gasteiger partial charge in [-0.15, -0.1) is 0 Å². The number of benzene rings is 2. The highest BCUT2D eigenvalue weighted by molar-refractivity contribution is 7.80. The van der Waals surface area contributed by atoms with Gasteiger partial charge in [-0.1, -0.05) is 29.8 Å². The molecule has 2 saturated heterocycles. The van der Waals surface area contributed by atoms with E-state index >= 15 is 0 Å². The van der Waals surface area contributed by atoms with Crippen LogP contribution in [-0.4, -0.2) is 38.6 Å². The molecule has 1 atom stereocenters. The second-order valence-electron chi connectivity index (χ2n) is 6.61. The van der Waals surface area contributed by atoms with Crippen LogP contribution in [0.5, 0.6) is 0 Å². The van der Waals surface area contributed by atoms with E-state index in [4.69, 9.17) is 23.8 Å². The van der Waals surface area contributed by atoms with Crippen molar-refractivity contribution in [2.75, 3.05) is 4.90 Å². The molecule has 1 unspecified atom stereocenters. The Labute approximate surface area is 180 Å². The van der Waals surface area contributed by atoms with Gasteiger partial charge in [-0.3, -0.25) is 24.6 Å². The average Bonchev–Trinajstić information content (AvgIpc) is 3.14. The van der Waals surface area contributed by atoms with E-state index in [1.807, 2.05) is 0 Å². The van der Waals surface area contributed by atoms with Crippen LogP contribution in [0.3, 0.4) is 0 Å². The molecule has 0 aromatic heterocycles. The fourth-order valence-corrected chi connectivity index (χ4v) is 3.97. The number of carbonyl (C=O) groups is 3. The maximum atomic E-state index is 13.1. The van der Waals surface area contributed by atoms with E-state index in [9.17, 15) is 24.6 Å². The number of ketones is 1. The van der Waals surface area contributed by atoms with Crippen LogP contribution in [0.15, 0.2) is 54.1 Å². The van der Waals surface area contributed by atoms with E-state index in [0.717, 1.165) is 4.90 Å². The first-order valence-electron chi connectivity index (χ1n) is 8.72. The topological polar surface area (TPSA) is 119 Å². The van der Waals surface area contributed by atoms with Gasteiger partial charge in [0.2, 0.25) is 5.66 Å². The number of rotatable bonds is 3. The average molecular weight is 444 g/mol. The van der Waals surface area contributed by atoms with Crippen molar-refractivity contribution in [1.29, 1.82) is 0 Å². The summed E-state index contributed by atoms with van der Waals surface area (Å²) in [4.78, 5) is 40.0. The Kier molecular flexibility index (Phi) is 4.81. The number of amides is 2. The standard InChI is InChI=1S/C20H14ClN3O5S/c21-12-7-5-10(6-8-12)15(26)14-16(27)17(28)24(13-4-2-1-3-11(13)9-25)20(14)18(29)22-19(30)23-20/h1-8,25-26H,9H2,(H2,22,23,29,30)/b15-14-. The van der Waals surface area contributed by atoms with Crippen molar-refractivity contribution in [1.82, 2.24) is 10.6 Å². The molecule has 0 aliphatic carbocycles. The van der Waals surface area contributed by atoms with Gasteiger partial charge in [0.05, 0.1) is 12.3 Å². The summed E-state index contributed by atoms with van der Waals surface area (Å²) in [7, 11) is 0. The minimum Gasteiger partial charge on any atom is -0.507 e. The van der Waals surface area contributed by atoms with E-state index in [2.05, 4.69) is 10.6 Å². The predicted molar refractivity (Wildman–Crippen MR) is 112 cm³/mol. The molecule has 1 spiro atoms. The van der Waals surface area contributed by atoms with Gasteiger partial charge in [0.15, 0.2) is 5.11 Å². The minimum absolute atomic E-state index is 0.115. The lowest BCUT2D eigenvalue weighted by molar-refractivity contribution is -0.132. The van der Waals surface area contributed by atoms with Crippen LogP contribution in [0.4, 0.5) is 5.69 Å². The molecule has 2 aliphatic rings. The highest BCUT2D eigenvalue weighted by Gasteiger charge is 2.65. The fraction of sp³-hybridized carbons (Fsp3) is 0.100. The summed E-state index contributed by atoms with van der Waals surface area (Å²) in [6.07, 6.45) is 0. The molecule has 0 radical (unpaired) electrons. The van der Waals surface area contributed by atoms with Crippen LogP contribution in [-0.2, 0) is 21.0 Å². The summed E-state index contributed by atoms with van der Waals surface area (Å²) in [5.41, 5.74) is -1.97. The first-order valence-corrected chi connectivity index (χ1v) is 9.50. The van der Waals surface area contributed by atoms with Crippen molar-refractivity contribution in [2.45, 2.75) is 12.3 Å².